The molecule has 3 N–H and O–H groups in total. The topological polar surface area (TPSA) is 83.6 Å². The zero-order valence-electron chi connectivity index (χ0n) is 10.9. The van der Waals surface area contributed by atoms with E-state index in [1.54, 1.807) is 19.1 Å². The first kappa shape index (κ1) is 15.1. The van der Waals surface area contributed by atoms with E-state index in [1.165, 1.54) is 18.0 Å². The van der Waals surface area contributed by atoms with Crippen molar-refractivity contribution in [2.75, 3.05) is 7.05 Å². The Morgan fingerprint density at radius 3 is 2.63 bits per heavy atom. The van der Waals surface area contributed by atoms with Gasteiger partial charge in [0.05, 0.1) is 12.5 Å². The van der Waals surface area contributed by atoms with Crippen molar-refractivity contribution in [3.05, 3.63) is 35.1 Å². The normalized spacial score (nSPS) is 12.0. The number of carboxylic acids is 1. The van der Waals surface area contributed by atoms with E-state index in [0.29, 0.717) is 5.56 Å². The summed E-state index contributed by atoms with van der Waals surface area (Å²) < 4.78 is 13.1. The lowest BCUT2D eigenvalue weighted by molar-refractivity contribution is -0.141. The van der Waals surface area contributed by atoms with Gasteiger partial charge in [0.25, 0.3) is 0 Å². The first-order chi connectivity index (χ1) is 8.81. The quantitative estimate of drug-likeness (QED) is 0.831. The number of carbonyl (C=O) groups is 2. The van der Waals surface area contributed by atoms with E-state index in [2.05, 4.69) is 0 Å². The highest BCUT2D eigenvalue weighted by molar-refractivity contribution is 5.85. The summed E-state index contributed by atoms with van der Waals surface area (Å²) >= 11 is 0. The van der Waals surface area contributed by atoms with E-state index in [-0.39, 0.29) is 12.4 Å². The van der Waals surface area contributed by atoms with E-state index in [1.807, 2.05) is 0 Å². The summed E-state index contributed by atoms with van der Waals surface area (Å²) in [4.78, 5) is 23.6. The Morgan fingerprint density at radius 1 is 1.47 bits per heavy atom. The fraction of sp³-hybridized carbons (Fsp3) is 0.385. The van der Waals surface area contributed by atoms with E-state index in [9.17, 15) is 14.0 Å². The first-order valence-electron chi connectivity index (χ1n) is 5.78. The highest BCUT2D eigenvalue weighted by Crippen LogP contribution is 2.11. The van der Waals surface area contributed by atoms with Crippen LogP contribution < -0.4 is 5.73 Å². The summed E-state index contributed by atoms with van der Waals surface area (Å²) in [6.45, 7) is 1.89. The van der Waals surface area contributed by atoms with Crippen molar-refractivity contribution in [1.82, 2.24) is 4.90 Å². The highest BCUT2D eigenvalue weighted by Gasteiger charge is 2.20. The molecule has 6 heteroatoms. The lowest BCUT2D eigenvalue weighted by Gasteiger charge is -2.20. The predicted molar refractivity (Wildman–Crippen MR) is 67.8 cm³/mol. The third-order valence-corrected chi connectivity index (χ3v) is 2.73. The molecule has 1 aromatic rings. The molecule has 0 bridgehead atoms. The van der Waals surface area contributed by atoms with Crippen molar-refractivity contribution in [2.45, 2.75) is 25.9 Å². The molecular formula is C13H17FN2O3. The van der Waals surface area contributed by atoms with E-state index in [4.69, 9.17) is 10.8 Å². The summed E-state index contributed by atoms with van der Waals surface area (Å²) in [6, 6.07) is 3.49. The molecule has 0 saturated heterocycles. The molecule has 0 aliphatic carbocycles. The molecule has 0 saturated carbocycles. The number of carbonyl (C=O) groups excluding carboxylic acids is 1. The van der Waals surface area contributed by atoms with Crippen molar-refractivity contribution in [3.63, 3.8) is 0 Å². The Labute approximate surface area is 110 Å². The number of carboxylic acid groups (broad SMARTS) is 1. The van der Waals surface area contributed by atoms with Gasteiger partial charge >= 0.3 is 5.97 Å². The van der Waals surface area contributed by atoms with Gasteiger partial charge < -0.3 is 15.7 Å². The number of amides is 1. The number of nitrogens with two attached hydrogens (primary N) is 1. The van der Waals surface area contributed by atoms with Gasteiger partial charge in [0.1, 0.15) is 5.82 Å². The number of aryl methyl sites for hydroxylation is 1. The van der Waals surface area contributed by atoms with Crippen LogP contribution in [0.25, 0.3) is 0 Å². The lowest BCUT2D eigenvalue weighted by atomic mass is 10.1. The minimum Gasteiger partial charge on any atom is -0.481 e. The molecule has 1 unspecified atom stereocenters. The number of rotatable bonds is 5. The van der Waals surface area contributed by atoms with E-state index >= 15 is 0 Å². The molecule has 1 rings (SSSR count). The predicted octanol–water partition coefficient (Wildman–Crippen LogP) is 0.895. The van der Waals surface area contributed by atoms with Crippen molar-refractivity contribution < 1.29 is 19.1 Å². The maximum atomic E-state index is 13.1. The van der Waals surface area contributed by atoms with Crippen LogP contribution in [0, 0.1) is 12.7 Å². The minimum atomic E-state index is -1.12. The second kappa shape index (κ2) is 6.29. The van der Waals surface area contributed by atoms with Crippen LogP contribution in [0.15, 0.2) is 18.2 Å². The molecule has 1 atom stereocenters. The molecule has 5 nitrogen and oxygen atoms in total. The van der Waals surface area contributed by atoms with Crippen LogP contribution in [-0.4, -0.2) is 35.0 Å². The molecule has 0 spiro atoms. The zero-order chi connectivity index (χ0) is 14.6. The van der Waals surface area contributed by atoms with Crippen LogP contribution in [0.1, 0.15) is 17.5 Å². The minimum absolute atomic E-state index is 0.257. The average molecular weight is 268 g/mol. The van der Waals surface area contributed by atoms with Crippen molar-refractivity contribution in [1.29, 1.82) is 0 Å². The standard InChI is InChI=1S/C13H17FN2O3/c1-8-5-9(3-4-10(8)14)7-16(2)13(19)11(15)6-12(17)18/h3-5,11H,6-7,15H2,1-2H3,(H,17,18). The molecular weight excluding hydrogens is 251 g/mol. The maximum absolute atomic E-state index is 13.1. The highest BCUT2D eigenvalue weighted by atomic mass is 19.1. The van der Waals surface area contributed by atoms with Crippen LogP contribution in [0.5, 0.6) is 0 Å². The number of hydrogen-bond donors (Lipinski definition) is 2. The Hall–Kier alpha value is -1.95. The summed E-state index contributed by atoms with van der Waals surface area (Å²) in [7, 11) is 1.53. The van der Waals surface area contributed by atoms with Crippen molar-refractivity contribution in [2.24, 2.45) is 5.73 Å². The molecule has 104 valence electrons. The van der Waals surface area contributed by atoms with E-state index in [0.717, 1.165) is 5.56 Å². The molecule has 0 aromatic heterocycles. The van der Waals surface area contributed by atoms with Gasteiger partial charge in [0.2, 0.25) is 5.91 Å². The molecule has 19 heavy (non-hydrogen) atoms. The van der Waals surface area contributed by atoms with Gasteiger partial charge in [-0.2, -0.15) is 0 Å². The number of halogens is 1. The van der Waals surface area contributed by atoms with Gasteiger partial charge in [-0.15, -0.1) is 0 Å². The Bertz CT molecular complexity index is 491. The molecule has 0 aliphatic heterocycles. The molecule has 0 heterocycles. The SMILES string of the molecule is Cc1cc(CN(C)C(=O)C(N)CC(=O)O)ccc1F. The monoisotopic (exact) mass is 268 g/mol. The summed E-state index contributed by atoms with van der Waals surface area (Å²) in [5.74, 6) is -1.88. The van der Waals surface area contributed by atoms with Gasteiger partial charge in [-0.05, 0) is 24.1 Å². The number of benzene rings is 1. The lowest BCUT2D eigenvalue weighted by Crippen LogP contribution is -2.42. The summed E-state index contributed by atoms with van der Waals surface area (Å²) in [6.07, 6.45) is -0.411. The summed E-state index contributed by atoms with van der Waals surface area (Å²) in [5.41, 5.74) is 6.75. The smallest absolute Gasteiger partial charge is 0.305 e. The Kier molecular flexibility index (Phi) is 5.00. The molecule has 0 fully saturated rings. The maximum Gasteiger partial charge on any atom is 0.305 e. The van der Waals surface area contributed by atoms with Crippen molar-refractivity contribution in [3.8, 4) is 0 Å². The number of likely N-dealkylation sites (N-methyl/N-ethyl adjacent to an activating group) is 1. The van der Waals surface area contributed by atoms with Crippen LogP contribution in [-0.2, 0) is 16.1 Å². The average Bonchev–Trinajstić information content (AvgIpc) is 2.32. The third-order valence-electron chi connectivity index (χ3n) is 2.73. The first-order valence-corrected chi connectivity index (χ1v) is 5.78. The molecule has 0 aliphatic rings. The fourth-order valence-electron chi connectivity index (χ4n) is 1.72. The molecule has 0 radical (unpaired) electrons. The van der Waals surface area contributed by atoms with Gasteiger partial charge in [-0.1, -0.05) is 12.1 Å². The Morgan fingerprint density at radius 2 is 2.11 bits per heavy atom. The van der Waals surface area contributed by atoms with Crippen molar-refractivity contribution >= 4 is 11.9 Å². The second-order valence-electron chi connectivity index (χ2n) is 4.48. The third kappa shape index (κ3) is 4.33. The van der Waals surface area contributed by atoms with Crippen LogP contribution in [0.4, 0.5) is 4.39 Å². The van der Waals surface area contributed by atoms with Crippen LogP contribution >= 0.6 is 0 Å². The van der Waals surface area contributed by atoms with Gasteiger partial charge in [0.15, 0.2) is 0 Å². The largest absolute Gasteiger partial charge is 0.481 e. The number of nitrogens with zero attached hydrogens (tertiary/aromatic N) is 1. The molecule has 1 amide bonds. The molecule has 1 aromatic carbocycles. The second-order valence-corrected chi connectivity index (χ2v) is 4.48. The van der Waals surface area contributed by atoms with Crippen LogP contribution in [0.3, 0.4) is 0 Å². The zero-order valence-corrected chi connectivity index (χ0v) is 10.9. The van der Waals surface area contributed by atoms with Gasteiger partial charge in [0, 0.05) is 13.6 Å². The Balaban J connectivity index is 2.68. The van der Waals surface area contributed by atoms with E-state index < -0.39 is 24.3 Å². The van der Waals surface area contributed by atoms with Gasteiger partial charge in [-0.3, -0.25) is 9.59 Å². The van der Waals surface area contributed by atoms with Crippen LogP contribution in [0.2, 0.25) is 0 Å². The number of hydrogen-bond acceptors (Lipinski definition) is 3. The fourth-order valence-corrected chi connectivity index (χ4v) is 1.72. The number of aliphatic carboxylic acids is 1. The van der Waals surface area contributed by atoms with Gasteiger partial charge in [-0.25, -0.2) is 4.39 Å². The summed E-state index contributed by atoms with van der Waals surface area (Å²) in [5, 5.41) is 8.58.